The number of hydrogen-bond donors (Lipinski definition) is 0. The van der Waals surface area contributed by atoms with Crippen molar-refractivity contribution in [2.75, 3.05) is 7.11 Å². The van der Waals surface area contributed by atoms with Crippen molar-refractivity contribution in [2.24, 2.45) is 0 Å². The second-order valence-electron chi connectivity index (χ2n) is 5.25. The SMILES string of the molecule is CCC(C)c1ccc(Oc2ccc(S(=O)(=O)[O-])cc2)c(OC)c1. The van der Waals surface area contributed by atoms with Crippen LogP contribution in [0.1, 0.15) is 31.7 Å². The Hall–Kier alpha value is -2.05. The molecule has 0 radical (unpaired) electrons. The van der Waals surface area contributed by atoms with E-state index in [4.69, 9.17) is 9.47 Å². The van der Waals surface area contributed by atoms with E-state index in [1.54, 1.807) is 7.11 Å². The number of methoxy groups -OCH3 is 1. The van der Waals surface area contributed by atoms with Gasteiger partial charge < -0.3 is 14.0 Å². The highest BCUT2D eigenvalue weighted by atomic mass is 32.2. The van der Waals surface area contributed by atoms with Crippen molar-refractivity contribution in [3.8, 4) is 17.2 Å². The van der Waals surface area contributed by atoms with Gasteiger partial charge in [-0.25, -0.2) is 8.42 Å². The van der Waals surface area contributed by atoms with Crippen LogP contribution >= 0.6 is 0 Å². The quantitative estimate of drug-likeness (QED) is 0.748. The van der Waals surface area contributed by atoms with Gasteiger partial charge in [0.05, 0.1) is 12.0 Å². The summed E-state index contributed by atoms with van der Waals surface area (Å²) >= 11 is 0. The highest BCUT2D eigenvalue weighted by molar-refractivity contribution is 7.85. The van der Waals surface area contributed by atoms with E-state index in [2.05, 4.69) is 13.8 Å². The van der Waals surface area contributed by atoms with E-state index in [-0.39, 0.29) is 4.90 Å². The van der Waals surface area contributed by atoms with Crippen LogP contribution in [-0.4, -0.2) is 20.1 Å². The highest BCUT2D eigenvalue weighted by Crippen LogP contribution is 2.35. The van der Waals surface area contributed by atoms with Gasteiger partial charge in [0.2, 0.25) is 0 Å². The Morgan fingerprint density at radius 3 is 2.26 bits per heavy atom. The highest BCUT2D eigenvalue weighted by Gasteiger charge is 2.11. The van der Waals surface area contributed by atoms with E-state index >= 15 is 0 Å². The molecule has 1 atom stereocenters. The smallest absolute Gasteiger partial charge is 0.169 e. The van der Waals surface area contributed by atoms with Gasteiger partial charge >= 0.3 is 0 Å². The average Bonchev–Trinajstić information content (AvgIpc) is 2.54. The molecule has 0 spiro atoms. The number of rotatable bonds is 6. The molecule has 0 bridgehead atoms. The molecule has 2 rings (SSSR count). The molecule has 0 aliphatic rings. The molecular weight excluding hydrogens is 316 g/mol. The Morgan fingerprint density at radius 2 is 1.74 bits per heavy atom. The zero-order valence-corrected chi connectivity index (χ0v) is 14.1. The molecule has 2 aromatic rings. The van der Waals surface area contributed by atoms with Gasteiger partial charge in [0.15, 0.2) is 11.5 Å². The first-order valence-electron chi connectivity index (χ1n) is 7.27. The molecule has 6 heteroatoms. The fraction of sp³-hybridized carbons (Fsp3) is 0.294. The van der Waals surface area contributed by atoms with Crippen LogP contribution in [0, 0.1) is 0 Å². The van der Waals surface area contributed by atoms with E-state index in [1.165, 1.54) is 24.3 Å². The van der Waals surface area contributed by atoms with Crippen molar-refractivity contribution in [1.82, 2.24) is 0 Å². The summed E-state index contributed by atoms with van der Waals surface area (Å²) in [7, 11) is -2.89. The lowest BCUT2D eigenvalue weighted by Gasteiger charge is -2.15. The van der Waals surface area contributed by atoms with E-state index in [9.17, 15) is 13.0 Å². The van der Waals surface area contributed by atoms with E-state index in [0.29, 0.717) is 23.2 Å². The lowest BCUT2D eigenvalue weighted by molar-refractivity contribution is 0.378. The molecule has 23 heavy (non-hydrogen) atoms. The van der Waals surface area contributed by atoms with Gasteiger partial charge in [-0.05, 0) is 54.3 Å². The summed E-state index contributed by atoms with van der Waals surface area (Å²) in [6, 6.07) is 11.0. The summed E-state index contributed by atoms with van der Waals surface area (Å²) in [6.45, 7) is 4.25. The van der Waals surface area contributed by atoms with Crippen molar-refractivity contribution in [3.05, 3.63) is 48.0 Å². The summed E-state index contributed by atoms with van der Waals surface area (Å²) in [4.78, 5) is -0.288. The molecule has 0 amide bonds. The first-order valence-corrected chi connectivity index (χ1v) is 8.67. The minimum absolute atomic E-state index is 0.288. The summed E-state index contributed by atoms with van der Waals surface area (Å²) in [6.07, 6.45) is 1.02. The molecule has 0 saturated heterocycles. The van der Waals surface area contributed by atoms with Gasteiger partial charge in [-0.15, -0.1) is 0 Å². The Kier molecular flexibility index (Phi) is 5.28. The third kappa shape index (κ3) is 4.24. The summed E-state index contributed by atoms with van der Waals surface area (Å²) in [5.74, 6) is 1.96. The van der Waals surface area contributed by atoms with Crippen molar-refractivity contribution in [1.29, 1.82) is 0 Å². The predicted octanol–water partition coefficient (Wildman–Crippen LogP) is 3.91. The van der Waals surface area contributed by atoms with E-state index in [1.807, 2.05) is 18.2 Å². The standard InChI is InChI=1S/C17H20O5S/c1-4-12(2)13-5-10-16(17(11-13)21-3)22-14-6-8-15(9-7-14)23(18,19)20/h5-12H,4H2,1-3H3,(H,18,19,20)/p-1. The van der Waals surface area contributed by atoms with Crippen molar-refractivity contribution < 1.29 is 22.4 Å². The van der Waals surface area contributed by atoms with Crippen LogP contribution < -0.4 is 9.47 Å². The lowest BCUT2D eigenvalue weighted by Crippen LogP contribution is -1.98. The zero-order chi connectivity index (χ0) is 17.0. The maximum absolute atomic E-state index is 10.9. The van der Waals surface area contributed by atoms with Crippen molar-refractivity contribution >= 4 is 10.1 Å². The molecule has 1 unspecified atom stereocenters. The zero-order valence-electron chi connectivity index (χ0n) is 13.3. The number of benzene rings is 2. The maximum atomic E-state index is 10.9. The van der Waals surface area contributed by atoms with Crippen LogP contribution in [0.2, 0.25) is 0 Å². The Balaban J connectivity index is 2.26. The van der Waals surface area contributed by atoms with Crippen LogP contribution in [0.15, 0.2) is 47.4 Å². The topological polar surface area (TPSA) is 75.7 Å². The van der Waals surface area contributed by atoms with Gasteiger partial charge in [-0.1, -0.05) is 19.9 Å². The Morgan fingerprint density at radius 1 is 1.09 bits per heavy atom. The second-order valence-corrected chi connectivity index (χ2v) is 6.63. The van der Waals surface area contributed by atoms with Gasteiger partial charge in [-0.2, -0.15) is 0 Å². The molecule has 0 fully saturated rings. The fourth-order valence-electron chi connectivity index (χ4n) is 2.11. The van der Waals surface area contributed by atoms with Crippen LogP contribution in [0.25, 0.3) is 0 Å². The summed E-state index contributed by atoms with van der Waals surface area (Å²) in [5.41, 5.74) is 1.16. The largest absolute Gasteiger partial charge is 0.744 e. The first-order chi connectivity index (χ1) is 10.8. The monoisotopic (exact) mass is 335 g/mol. The van der Waals surface area contributed by atoms with Crippen molar-refractivity contribution in [3.63, 3.8) is 0 Å². The first kappa shape index (κ1) is 17.3. The van der Waals surface area contributed by atoms with Gasteiger partial charge in [0.25, 0.3) is 0 Å². The minimum atomic E-state index is -4.45. The minimum Gasteiger partial charge on any atom is -0.744 e. The predicted molar refractivity (Wildman–Crippen MR) is 86.2 cm³/mol. The van der Waals surface area contributed by atoms with Crippen molar-refractivity contribution in [2.45, 2.75) is 31.1 Å². The maximum Gasteiger partial charge on any atom is 0.169 e. The molecule has 2 aromatic carbocycles. The van der Waals surface area contributed by atoms with Crippen LogP contribution in [-0.2, 0) is 10.1 Å². The average molecular weight is 335 g/mol. The molecule has 0 N–H and O–H groups in total. The lowest BCUT2D eigenvalue weighted by atomic mass is 9.98. The molecule has 0 heterocycles. The Labute approximate surface area is 136 Å². The summed E-state index contributed by atoms with van der Waals surface area (Å²) in [5, 5.41) is 0. The van der Waals surface area contributed by atoms with Gasteiger partial charge in [0.1, 0.15) is 15.9 Å². The van der Waals surface area contributed by atoms with E-state index < -0.39 is 10.1 Å². The summed E-state index contributed by atoms with van der Waals surface area (Å²) < 4.78 is 43.8. The molecular formula is C17H19O5S-. The normalized spacial score (nSPS) is 12.7. The molecule has 0 aliphatic carbocycles. The molecule has 124 valence electrons. The number of ether oxygens (including phenoxy) is 2. The number of hydrogen-bond acceptors (Lipinski definition) is 5. The van der Waals surface area contributed by atoms with Gasteiger partial charge in [-0.3, -0.25) is 0 Å². The second kappa shape index (κ2) is 7.02. The third-order valence-corrected chi connectivity index (χ3v) is 4.56. The van der Waals surface area contributed by atoms with E-state index in [0.717, 1.165) is 12.0 Å². The molecule has 5 nitrogen and oxygen atoms in total. The third-order valence-electron chi connectivity index (χ3n) is 3.71. The van der Waals surface area contributed by atoms with Gasteiger partial charge in [0, 0.05) is 0 Å². The van der Waals surface area contributed by atoms with Crippen LogP contribution in [0.3, 0.4) is 0 Å². The van der Waals surface area contributed by atoms with Crippen LogP contribution in [0.5, 0.6) is 17.2 Å². The molecule has 0 aliphatic heterocycles. The molecule has 0 aromatic heterocycles. The molecule has 0 saturated carbocycles. The fourth-order valence-corrected chi connectivity index (χ4v) is 2.58. The Bertz CT molecular complexity index is 766. The van der Waals surface area contributed by atoms with Crippen LogP contribution in [0.4, 0.5) is 0 Å².